The van der Waals surface area contributed by atoms with Crippen molar-refractivity contribution in [2.24, 2.45) is 17.8 Å². The van der Waals surface area contributed by atoms with Crippen molar-refractivity contribution in [2.45, 2.75) is 109 Å². The summed E-state index contributed by atoms with van der Waals surface area (Å²) in [7, 11) is 0. The lowest BCUT2D eigenvalue weighted by Gasteiger charge is -2.36. The molecule has 3 rings (SSSR count). The fraction of sp³-hybridized carbons (Fsp3) is 0.710. The summed E-state index contributed by atoms with van der Waals surface area (Å²) in [5, 5.41) is 20.8. The molecular weight excluding hydrogens is 494 g/mol. The summed E-state index contributed by atoms with van der Waals surface area (Å²) >= 11 is 0. The van der Waals surface area contributed by atoms with Gasteiger partial charge in [-0.1, -0.05) is 69.9 Å². The number of amides is 3. The Morgan fingerprint density at radius 3 is 2.26 bits per heavy atom. The standard InChI is InChI=1S/C31H49N3O5/c1-4-21(2)29(32-22(3)35)31(38)33-26(24-13-9-6-10-14-24)20-28(36)27(19-23-11-7-5-8-12-23)34-30(37)25-15-17-39-18-16-25/h5,7-8,11-12,21,24-29,36H,4,6,9-10,13-20H2,1-3H3,(H,32,35)(H,33,38)(H,34,37)/t21?,26?,27?,28-,29-/m0/s1. The first kappa shape index (κ1) is 31.1. The number of benzene rings is 1. The van der Waals surface area contributed by atoms with Crippen molar-refractivity contribution >= 4 is 17.7 Å². The van der Waals surface area contributed by atoms with E-state index in [1.54, 1.807) is 0 Å². The average Bonchev–Trinajstić information content (AvgIpc) is 2.96. The van der Waals surface area contributed by atoms with Gasteiger partial charge in [0, 0.05) is 32.1 Å². The van der Waals surface area contributed by atoms with Gasteiger partial charge in [-0.05, 0) is 55.9 Å². The largest absolute Gasteiger partial charge is 0.391 e. The van der Waals surface area contributed by atoms with Crippen LogP contribution in [-0.2, 0) is 25.5 Å². The molecule has 3 unspecified atom stereocenters. The molecule has 2 fully saturated rings. The van der Waals surface area contributed by atoms with Gasteiger partial charge < -0.3 is 25.8 Å². The summed E-state index contributed by atoms with van der Waals surface area (Å²) in [5.74, 6) is -0.367. The Labute approximate surface area is 234 Å². The molecule has 4 N–H and O–H groups in total. The van der Waals surface area contributed by atoms with Gasteiger partial charge in [0.2, 0.25) is 17.7 Å². The second-order valence-corrected chi connectivity index (χ2v) is 11.6. The number of hydrogen-bond donors (Lipinski definition) is 4. The van der Waals surface area contributed by atoms with Crippen LogP contribution in [0.1, 0.15) is 84.1 Å². The third-order valence-electron chi connectivity index (χ3n) is 8.58. The monoisotopic (exact) mass is 543 g/mol. The fourth-order valence-corrected chi connectivity index (χ4v) is 5.94. The Balaban J connectivity index is 1.78. The molecule has 1 aliphatic heterocycles. The highest BCUT2D eigenvalue weighted by Crippen LogP contribution is 2.29. The van der Waals surface area contributed by atoms with Crippen molar-refractivity contribution in [3.8, 4) is 0 Å². The van der Waals surface area contributed by atoms with Crippen LogP contribution in [0.5, 0.6) is 0 Å². The lowest BCUT2D eigenvalue weighted by atomic mass is 9.80. The molecule has 3 amide bonds. The van der Waals surface area contributed by atoms with Crippen molar-refractivity contribution in [3.05, 3.63) is 35.9 Å². The summed E-state index contributed by atoms with van der Waals surface area (Å²) in [5.41, 5.74) is 1.04. The Morgan fingerprint density at radius 2 is 1.64 bits per heavy atom. The van der Waals surface area contributed by atoms with Crippen LogP contribution < -0.4 is 16.0 Å². The highest BCUT2D eigenvalue weighted by atomic mass is 16.5. The third-order valence-corrected chi connectivity index (χ3v) is 8.58. The first-order chi connectivity index (χ1) is 18.8. The van der Waals surface area contributed by atoms with Crippen molar-refractivity contribution in [1.29, 1.82) is 0 Å². The van der Waals surface area contributed by atoms with E-state index in [0.29, 0.717) is 38.9 Å². The van der Waals surface area contributed by atoms with E-state index < -0.39 is 18.2 Å². The topological polar surface area (TPSA) is 117 Å². The van der Waals surface area contributed by atoms with Crippen LogP contribution in [0.25, 0.3) is 0 Å². The maximum Gasteiger partial charge on any atom is 0.243 e. The maximum atomic E-state index is 13.5. The van der Waals surface area contributed by atoms with Gasteiger partial charge in [0.15, 0.2) is 0 Å². The minimum absolute atomic E-state index is 0.0181. The summed E-state index contributed by atoms with van der Waals surface area (Å²) in [6.07, 6.45) is 7.48. The number of hydrogen-bond acceptors (Lipinski definition) is 5. The molecule has 0 spiro atoms. The van der Waals surface area contributed by atoms with Crippen molar-refractivity contribution in [2.75, 3.05) is 13.2 Å². The van der Waals surface area contributed by atoms with Crippen LogP contribution in [-0.4, -0.2) is 60.3 Å². The minimum Gasteiger partial charge on any atom is -0.391 e. The quantitative estimate of drug-likeness (QED) is 0.304. The Bertz CT molecular complexity index is 899. The first-order valence-electron chi connectivity index (χ1n) is 15.0. The molecule has 8 heteroatoms. The van der Waals surface area contributed by atoms with E-state index in [2.05, 4.69) is 16.0 Å². The number of aliphatic hydroxyl groups is 1. The Hall–Kier alpha value is -2.45. The normalized spacial score (nSPS) is 20.7. The molecule has 1 saturated heterocycles. The van der Waals surface area contributed by atoms with Gasteiger partial charge in [-0.15, -0.1) is 0 Å². The van der Waals surface area contributed by atoms with Crippen LogP contribution in [0, 0.1) is 17.8 Å². The second-order valence-electron chi connectivity index (χ2n) is 11.6. The van der Waals surface area contributed by atoms with Gasteiger partial charge in [-0.3, -0.25) is 14.4 Å². The van der Waals surface area contributed by atoms with Crippen molar-refractivity contribution < 1.29 is 24.2 Å². The smallest absolute Gasteiger partial charge is 0.243 e. The van der Waals surface area contributed by atoms with E-state index in [9.17, 15) is 19.5 Å². The molecule has 1 heterocycles. The number of aliphatic hydroxyl groups excluding tert-OH is 1. The van der Waals surface area contributed by atoms with Crippen molar-refractivity contribution in [3.63, 3.8) is 0 Å². The lowest BCUT2D eigenvalue weighted by Crippen LogP contribution is -2.55. The SMILES string of the molecule is CCC(C)[C@H](NC(C)=O)C(=O)NC(C[C@H](O)C(Cc1ccccc1)NC(=O)C1CCOCC1)C1CCCCC1. The predicted octanol–water partition coefficient (Wildman–Crippen LogP) is 3.51. The van der Waals surface area contributed by atoms with Crippen LogP contribution >= 0.6 is 0 Å². The predicted molar refractivity (Wildman–Crippen MR) is 152 cm³/mol. The summed E-state index contributed by atoms with van der Waals surface area (Å²) in [6.45, 7) is 6.55. The number of carbonyl (C=O) groups excluding carboxylic acids is 3. The lowest BCUT2D eigenvalue weighted by molar-refractivity contribution is -0.131. The van der Waals surface area contributed by atoms with Crippen LogP contribution in [0.4, 0.5) is 0 Å². The van der Waals surface area contributed by atoms with Gasteiger partial charge in [-0.2, -0.15) is 0 Å². The molecule has 1 aromatic rings. The molecular formula is C31H49N3O5. The number of rotatable bonds is 13. The van der Waals surface area contributed by atoms with Crippen molar-refractivity contribution in [1.82, 2.24) is 16.0 Å². The third kappa shape index (κ3) is 9.91. The van der Waals surface area contributed by atoms with Gasteiger partial charge in [-0.25, -0.2) is 0 Å². The van der Waals surface area contributed by atoms with E-state index in [4.69, 9.17) is 4.74 Å². The summed E-state index contributed by atoms with van der Waals surface area (Å²) in [6, 6.07) is 8.53. The molecule has 0 bridgehead atoms. The molecule has 39 heavy (non-hydrogen) atoms. The molecule has 8 nitrogen and oxygen atoms in total. The van der Waals surface area contributed by atoms with Crippen LogP contribution in [0.2, 0.25) is 0 Å². The highest BCUT2D eigenvalue weighted by molar-refractivity contribution is 5.87. The molecule has 0 radical (unpaired) electrons. The number of ether oxygens (including phenoxy) is 1. The van der Waals surface area contributed by atoms with E-state index in [0.717, 1.165) is 37.7 Å². The summed E-state index contributed by atoms with van der Waals surface area (Å²) in [4.78, 5) is 38.5. The zero-order valence-electron chi connectivity index (χ0n) is 24.0. The second kappa shape index (κ2) is 16.0. The van der Waals surface area contributed by atoms with Gasteiger partial charge in [0.05, 0.1) is 12.1 Å². The zero-order chi connectivity index (χ0) is 28.2. The molecule has 5 atom stereocenters. The number of carbonyl (C=O) groups is 3. The maximum absolute atomic E-state index is 13.5. The molecule has 1 aromatic carbocycles. The van der Waals surface area contributed by atoms with Gasteiger partial charge in [0.25, 0.3) is 0 Å². The van der Waals surface area contributed by atoms with Crippen LogP contribution in [0.3, 0.4) is 0 Å². The van der Waals surface area contributed by atoms with E-state index in [1.807, 2.05) is 44.2 Å². The summed E-state index contributed by atoms with van der Waals surface area (Å²) < 4.78 is 5.43. The molecule has 1 aliphatic carbocycles. The number of nitrogens with one attached hydrogen (secondary N) is 3. The molecule has 0 aromatic heterocycles. The van der Waals surface area contributed by atoms with Crippen LogP contribution in [0.15, 0.2) is 30.3 Å². The fourth-order valence-electron chi connectivity index (χ4n) is 5.94. The molecule has 2 aliphatic rings. The minimum atomic E-state index is -0.843. The highest BCUT2D eigenvalue weighted by Gasteiger charge is 2.34. The molecule has 218 valence electrons. The Kier molecular flexibility index (Phi) is 12.7. The average molecular weight is 544 g/mol. The van der Waals surface area contributed by atoms with E-state index >= 15 is 0 Å². The Morgan fingerprint density at radius 1 is 0.974 bits per heavy atom. The van der Waals surface area contributed by atoms with E-state index in [-0.39, 0.29) is 41.5 Å². The zero-order valence-corrected chi connectivity index (χ0v) is 24.0. The van der Waals surface area contributed by atoms with Gasteiger partial charge >= 0.3 is 0 Å². The first-order valence-corrected chi connectivity index (χ1v) is 15.0. The van der Waals surface area contributed by atoms with E-state index in [1.165, 1.54) is 13.3 Å². The molecule has 1 saturated carbocycles. The van der Waals surface area contributed by atoms with Gasteiger partial charge in [0.1, 0.15) is 6.04 Å².